The Morgan fingerprint density at radius 3 is 2.45 bits per heavy atom. The summed E-state index contributed by atoms with van der Waals surface area (Å²) >= 11 is 0. The standard InChI is InChI=1S/C21H26N4O4/c1-15-5-3-6-17(16(15)2)23-19(26)13-22-20(27)14-24-8-10-25(11-9-24)21(28)18-7-4-12-29-18/h3-7,12H,8-11,13-14H2,1-2H3,(H,22,27)(H,23,26). The Balaban J connectivity index is 1.38. The fourth-order valence-electron chi connectivity index (χ4n) is 3.18. The first kappa shape index (κ1) is 20.6. The van der Waals surface area contributed by atoms with Gasteiger partial charge in [0.15, 0.2) is 5.76 Å². The zero-order chi connectivity index (χ0) is 20.8. The van der Waals surface area contributed by atoms with Crippen LogP contribution >= 0.6 is 0 Å². The third kappa shape index (κ3) is 5.45. The Kier molecular flexibility index (Phi) is 6.66. The van der Waals surface area contributed by atoms with Gasteiger partial charge in [-0.25, -0.2) is 0 Å². The summed E-state index contributed by atoms with van der Waals surface area (Å²) in [4.78, 5) is 40.2. The van der Waals surface area contributed by atoms with Crippen LogP contribution in [0.5, 0.6) is 0 Å². The first-order valence-corrected chi connectivity index (χ1v) is 9.62. The van der Waals surface area contributed by atoms with Crippen molar-refractivity contribution in [1.29, 1.82) is 0 Å². The Morgan fingerprint density at radius 1 is 1.00 bits per heavy atom. The summed E-state index contributed by atoms with van der Waals surface area (Å²) in [5.74, 6) is -0.291. The van der Waals surface area contributed by atoms with E-state index in [4.69, 9.17) is 4.42 Å². The van der Waals surface area contributed by atoms with Gasteiger partial charge in [0.2, 0.25) is 11.8 Å². The highest BCUT2D eigenvalue weighted by molar-refractivity contribution is 5.95. The number of carbonyl (C=O) groups excluding carboxylic acids is 3. The molecule has 29 heavy (non-hydrogen) atoms. The van der Waals surface area contributed by atoms with Gasteiger partial charge in [0.1, 0.15) is 0 Å². The second-order valence-electron chi connectivity index (χ2n) is 7.12. The number of nitrogens with one attached hydrogen (secondary N) is 2. The molecule has 2 aromatic rings. The van der Waals surface area contributed by atoms with E-state index in [1.165, 1.54) is 6.26 Å². The number of nitrogens with zero attached hydrogens (tertiary/aromatic N) is 2. The lowest BCUT2D eigenvalue weighted by Crippen LogP contribution is -2.51. The summed E-state index contributed by atoms with van der Waals surface area (Å²) < 4.78 is 5.14. The fraction of sp³-hybridized carbons (Fsp3) is 0.381. The van der Waals surface area contributed by atoms with Gasteiger partial charge in [0, 0.05) is 31.9 Å². The first-order valence-electron chi connectivity index (χ1n) is 9.62. The molecule has 1 aromatic heterocycles. The molecule has 1 aliphatic heterocycles. The number of aryl methyl sites for hydroxylation is 1. The predicted octanol–water partition coefficient (Wildman–Crippen LogP) is 1.41. The topological polar surface area (TPSA) is 94.9 Å². The molecular formula is C21H26N4O4. The lowest BCUT2D eigenvalue weighted by molar-refractivity contribution is -0.125. The average Bonchev–Trinajstić information content (AvgIpc) is 3.25. The number of rotatable bonds is 6. The highest BCUT2D eigenvalue weighted by Gasteiger charge is 2.24. The lowest BCUT2D eigenvalue weighted by Gasteiger charge is -2.33. The van der Waals surface area contributed by atoms with E-state index < -0.39 is 0 Å². The number of hydrogen-bond donors (Lipinski definition) is 2. The monoisotopic (exact) mass is 398 g/mol. The maximum atomic E-state index is 12.3. The van der Waals surface area contributed by atoms with E-state index in [2.05, 4.69) is 10.6 Å². The van der Waals surface area contributed by atoms with Crippen molar-refractivity contribution >= 4 is 23.4 Å². The van der Waals surface area contributed by atoms with Crippen LogP contribution in [0.2, 0.25) is 0 Å². The highest BCUT2D eigenvalue weighted by atomic mass is 16.3. The predicted molar refractivity (Wildman–Crippen MR) is 109 cm³/mol. The minimum Gasteiger partial charge on any atom is -0.459 e. The summed E-state index contributed by atoms with van der Waals surface area (Å²) in [6.45, 7) is 6.28. The molecule has 1 saturated heterocycles. The van der Waals surface area contributed by atoms with Crippen LogP contribution in [0.1, 0.15) is 21.7 Å². The van der Waals surface area contributed by atoms with Gasteiger partial charge >= 0.3 is 0 Å². The van der Waals surface area contributed by atoms with E-state index in [0.29, 0.717) is 31.9 Å². The molecule has 3 rings (SSSR count). The number of benzene rings is 1. The number of furan rings is 1. The van der Waals surface area contributed by atoms with Gasteiger partial charge in [-0.1, -0.05) is 12.1 Å². The van der Waals surface area contributed by atoms with Gasteiger partial charge in [-0.05, 0) is 43.2 Å². The van der Waals surface area contributed by atoms with E-state index in [-0.39, 0.29) is 30.8 Å². The zero-order valence-electron chi connectivity index (χ0n) is 16.7. The quantitative estimate of drug-likeness (QED) is 0.767. The van der Waals surface area contributed by atoms with Crippen LogP contribution in [0.25, 0.3) is 0 Å². The van der Waals surface area contributed by atoms with Crippen LogP contribution in [-0.2, 0) is 9.59 Å². The van der Waals surface area contributed by atoms with Crippen molar-refractivity contribution in [3.63, 3.8) is 0 Å². The first-order chi connectivity index (χ1) is 13.9. The van der Waals surface area contributed by atoms with Crippen molar-refractivity contribution in [2.75, 3.05) is 44.6 Å². The SMILES string of the molecule is Cc1cccc(NC(=O)CNC(=O)CN2CCN(C(=O)c3ccco3)CC2)c1C. The minimum absolute atomic E-state index is 0.0802. The van der Waals surface area contributed by atoms with Crippen molar-refractivity contribution in [3.8, 4) is 0 Å². The smallest absolute Gasteiger partial charge is 0.289 e. The number of anilines is 1. The molecule has 2 heterocycles. The second kappa shape index (κ2) is 9.38. The summed E-state index contributed by atoms with van der Waals surface area (Å²) in [5, 5.41) is 5.47. The molecule has 0 aliphatic carbocycles. The van der Waals surface area contributed by atoms with Crippen molar-refractivity contribution in [2.45, 2.75) is 13.8 Å². The van der Waals surface area contributed by atoms with Crippen LogP contribution in [0.4, 0.5) is 5.69 Å². The third-order valence-electron chi connectivity index (χ3n) is 5.08. The molecule has 0 radical (unpaired) electrons. The Bertz CT molecular complexity index is 871. The van der Waals surface area contributed by atoms with Crippen LogP contribution in [0, 0.1) is 13.8 Å². The molecule has 0 bridgehead atoms. The van der Waals surface area contributed by atoms with Gasteiger partial charge in [-0.2, -0.15) is 0 Å². The molecule has 0 spiro atoms. The lowest BCUT2D eigenvalue weighted by atomic mass is 10.1. The van der Waals surface area contributed by atoms with Crippen LogP contribution in [-0.4, -0.2) is 66.8 Å². The Hall–Kier alpha value is -3.13. The maximum Gasteiger partial charge on any atom is 0.289 e. The van der Waals surface area contributed by atoms with Gasteiger partial charge in [-0.3, -0.25) is 19.3 Å². The summed E-state index contributed by atoms with van der Waals surface area (Å²) in [5.41, 5.74) is 2.85. The number of hydrogen-bond acceptors (Lipinski definition) is 5. The van der Waals surface area contributed by atoms with E-state index in [1.54, 1.807) is 17.0 Å². The molecule has 3 amide bonds. The summed E-state index contributed by atoms with van der Waals surface area (Å²) in [6.07, 6.45) is 1.48. The molecule has 0 atom stereocenters. The average molecular weight is 398 g/mol. The molecule has 1 aliphatic rings. The van der Waals surface area contributed by atoms with Crippen LogP contribution < -0.4 is 10.6 Å². The molecule has 1 aromatic carbocycles. The molecule has 0 unspecified atom stereocenters. The normalized spacial score (nSPS) is 14.5. The summed E-state index contributed by atoms with van der Waals surface area (Å²) in [7, 11) is 0. The van der Waals surface area contributed by atoms with Gasteiger partial charge < -0.3 is 20.0 Å². The fourth-order valence-corrected chi connectivity index (χ4v) is 3.18. The zero-order valence-corrected chi connectivity index (χ0v) is 16.7. The molecule has 154 valence electrons. The molecule has 2 N–H and O–H groups in total. The van der Waals surface area contributed by atoms with E-state index >= 15 is 0 Å². The molecule has 0 saturated carbocycles. The molecule has 8 heteroatoms. The van der Waals surface area contributed by atoms with Crippen molar-refractivity contribution in [2.24, 2.45) is 0 Å². The van der Waals surface area contributed by atoms with Crippen LogP contribution in [0.15, 0.2) is 41.0 Å². The molecule has 8 nitrogen and oxygen atoms in total. The van der Waals surface area contributed by atoms with Crippen molar-refractivity contribution < 1.29 is 18.8 Å². The van der Waals surface area contributed by atoms with Gasteiger partial charge in [-0.15, -0.1) is 0 Å². The van der Waals surface area contributed by atoms with Gasteiger partial charge in [0.05, 0.1) is 19.4 Å². The Labute approximate surface area is 169 Å². The van der Waals surface area contributed by atoms with E-state index in [1.807, 2.05) is 36.9 Å². The van der Waals surface area contributed by atoms with Gasteiger partial charge in [0.25, 0.3) is 5.91 Å². The largest absolute Gasteiger partial charge is 0.459 e. The van der Waals surface area contributed by atoms with E-state index in [9.17, 15) is 14.4 Å². The Morgan fingerprint density at radius 2 is 1.76 bits per heavy atom. The molecular weight excluding hydrogens is 372 g/mol. The number of carbonyl (C=O) groups is 3. The minimum atomic E-state index is -0.263. The van der Waals surface area contributed by atoms with Crippen molar-refractivity contribution in [3.05, 3.63) is 53.5 Å². The highest BCUT2D eigenvalue weighted by Crippen LogP contribution is 2.17. The van der Waals surface area contributed by atoms with Crippen molar-refractivity contribution in [1.82, 2.24) is 15.1 Å². The number of piperazine rings is 1. The third-order valence-corrected chi connectivity index (χ3v) is 5.08. The van der Waals surface area contributed by atoms with E-state index in [0.717, 1.165) is 16.8 Å². The van der Waals surface area contributed by atoms with Crippen LogP contribution in [0.3, 0.4) is 0 Å². The summed E-state index contributed by atoms with van der Waals surface area (Å²) in [6, 6.07) is 9.03. The molecule has 1 fully saturated rings. The maximum absolute atomic E-state index is 12.3. The number of amides is 3. The second-order valence-corrected chi connectivity index (χ2v) is 7.12.